The Kier molecular flexibility index (Phi) is 4.75. The number of rotatable bonds is 4. The van der Waals surface area contributed by atoms with E-state index < -0.39 is 21.8 Å². The first-order chi connectivity index (χ1) is 14.8. The van der Waals surface area contributed by atoms with Crippen LogP contribution in [0.4, 0.5) is 11.4 Å². The Morgan fingerprint density at radius 2 is 1.68 bits per heavy atom. The van der Waals surface area contributed by atoms with E-state index in [1.54, 1.807) is 0 Å². The van der Waals surface area contributed by atoms with Gasteiger partial charge in [-0.15, -0.1) is 0 Å². The number of sulfonamides is 1. The summed E-state index contributed by atoms with van der Waals surface area (Å²) in [5, 5.41) is 2.81. The van der Waals surface area contributed by atoms with E-state index in [9.17, 15) is 18.0 Å². The highest BCUT2D eigenvalue weighted by Crippen LogP contribution is 2.39. The van der Waals surface area contributed by atoms with Crippen LogP contribution in [-0.2, 0) is 10.0 Å². The normalized spacial score (nSPS) is 20.6. The molecule has 9 heteroatoms. The molecular formula is C22H24N4O4S. The van der Waals surface area contributed by atoms with E-state index in [1.807, 2.05) is 24.3 Å². The van der Waals surface area contributed by atoms with E-state index in [1.165, 1.54) is 18.2 Å². The van der Waals surface area contributed by atoms with Gasteiger partial charge in [0.05, 0.1) is 5.56 Å². The smallest absolute Gasteiger partial charge is 0.269 e. The van der Waals surface area contributed by atoms with E-state index in [4.69, 9.17) is 0 Å². The van der Waals surface area contributed by atoms with Crippen molar-refractivity contribution in [1.82, 2.24) is 9.21 Å². The van der Waals surface area contributed by atoms with Crippen LogP contribution >= 0.6 is 0 Å². The van der Waals surface area contributed by atoms with Crippen molar-refractivity contribution in [3.8, 4) is 0 Å². The molecule has 2 aromatic rings. The van der Waals surface area contributed by atoms with E-state index in [0.29, 0.717) is 18.5 Å². The van der Waals surface area contributed by atoms with Crippen molar-refractivity contribution in [2.75, 3.05) is 43.4 Å². The van der Waals surface area contributed by atoms with Crippen molar-refractivity contribution in [2.45, 2.75) is 23.8 Å². The van der Waals surface area contributed by atoms with Gasteiger partial charge in [0.1, 0.15) is 4.90 Å². The minimum absolute atomic E-state index is 0.0811. The highest BCUT2D eigenvalue weighted by molar-refractivity contribution is 7.90. The minimum Gasteiger partial charge on any atom is -0.369 e. The standard InChI is InChI=1S/C22H24N4O4S/c1-24-10-12-25(13-11-24)17-5-3-16(4-6-17)23-21(27)15-2-9-19-20(14-15)31(29,30)26(22(19)28)18-7-8-18/h2-6,9,14,18H,7-8,10-13H2,1H3,(H,23,27). The predicted molar refractivity (Wildman–Crippen MR) is 117 cm³/mol. The molecule has 2 aromatic carbocycles. The topological polar surface area (TPSA) is 90.0 Å². The Labute approximate surface area is 181 Å². The van der Waals surface area contributed by atoms with Crippen LogP contribution in [0, 0.1) is 0 Å². The maximum Gasteiger partial charge on any atom is 0.269 e. The van der Waals surface area contributed by atoms with Gasteiger partial charge in [-0.3, -0.25) is 9.59 Å². The van der Waals surface area contributed by atoms with Crippen molar-refractivity contribution in [2.24, 2.45) is 0 Å². The molecule has 0 bridgehead atoms. The van der Waals surface area contributed by atoms with Crippen molar-refractivity contribution >= 4 is 33.2 Å². The molecular weight excluding hydrogens is 416 g/mol. The first-order valence-corrected chi connectivity index (χ1v) is 11.9. The molecule has 2 aliphatic heterocycles. The highest BCUT2D eigenvalue weighted by atomic mass is 32.2. The second-order valence-electron chi connectivity index (χ2n) is 8.34. The number of piperazine rings is 1. The van der Waals surface area contributed by atoms with Gasteiger partial charge >= 0.3 is 0 Å². The molecule has 0 atom stereocenters. The molecule has 2 fully saturated rings. The van der Waals surface area contributed by atoms with Crippen LogP contribution in [0.1, 0.15) is 33.6 Å². The lowest BCUT2D eigenvalue weighted by atomic mass is 10.1. The zero-order valence-corrected chi connectivity index (χ0v) is 18.1. The number of likely N-dealkylation sites (N-methyl/N-ethyl adjacent to an activating group) is 1. The zero-order chi connectivity index (χ0) is 21.8. The largest absolute Gasteiger partial charge is 0.369 e. The van der Waals surface area contributed by atoms with E-state index in [0.717, 1.165) is 36.2 Å². The van der Waals surface area contributed by atoms with Crippen molar-refractivity contribution in [1.29, 1.82) is 0 Å². The summed E-state index contributed by atoms with van der Waals surface area (Å²) >= 11 is 0. The third-order valence-electron chi connectivity index (χ3n) is 6.08. The van der Waals surface area contributed by atoms with Gasteiger partial charge in [-0.1, -0.05) is 0 Å². The van der Waals surface area contributed by atoms with E-state index in [2.05, 4.69) is 22.2 Å². The van der Waals surface area contributed by atoms with Gasteiger partial charge < -0.3 is 15.1 Å². The molecule has 0 radical (unpaired) electrons. The third-order valence-corrected chi connectivity index (χ3v) is 7.96. The average molecular weight is 441 g/mol. The van der Waals surface area contributed by atoms with E-state index in [-0.39, 0.29) is 22.1 Å². The Hall–Kier alpha value is -2.91. The molecule has 31 heavy (non-hydrogen) atoms. The van der Waals surface area contributed by atoms with Gasteiger partial charge in [-0.2, -0.15) is 0 Å². The fourth-order valence-electron chi connectivity index (χ4n) is 4.08. The lowest BCUT2D eigenvalue weighted by Crippen LogP contribution is -2.44. The lowest BCUT2D eigenvalue weighted by Gasteiger charge is -2.34. The summed E-state index contributed by atoms with van der Waals surface area (Å²) in [6, 6.07) is 11.6. The molecule has 1 saturated heterocycles. The van der Waals surface area contributed by atoms with Crippen LogP contribution in [0.25, 0.3) is 0 Å². The molecule has 2 heterocycles. The highest BCUT2D eigenvalue weighted by Gasteiger charge is 2.48. The van der Waals surface area contributed by atoms with Crippen LogP contribution in [0.3, 0.4) is 0 Å². The fraction of sp³-hybridized carbons (Fsp3) is 0.364. The molecule has 3 aliphatic rings. The van der Waals surface area contributed by atoms with Gasteiger partial charge in [-0.25, -0.2) is 12.7 Å². The minimum atomic E-state index is -3.89. The number of hydrogen-bond acceptors (Lipinski definition) is 6. The SMILES string of the molecule is CN1CCN(c2ccc(NC(=O)c3ccc4c(c3)S(=O)(=O)N(C3CC3)C4=O)cc2)CC1. The van der Waals surface area contributed by atoms with Gasteiger partial charge in [0.2, 0.25) is 0 Å². The molecule has 2 amide bonds. The van der Waals surface area contributed by atoms with Gasteiger partial charge in [-0.05, 0) is 62.4 Å². The van der Waals surface area contributed by atoms with E-state index >= 15 is 0 Å². The lowest BCUT2D eigenvalue weighted by molar-refractivity contribution is 0.0864. The summed E-state index contributed by atoms with van der Waals surface area (Å²) in [5.41, 5.74) is 2.08. The predicted octanol–water partition coefficient (Wildman–Crippen LogP) is 2.00. The van der Waals surface area contributed by atoms with Gasteiger partial charge in [0, 0.05) is 49.2 Å². The number of carbonyl (C=O) groups excluding carboxylic acids is 2. The number of fused-ring (bicyclic) bond motifs is 1. The number of carbonyl (C=O) groups is 2. The van der Waals surface area contributed by atoms with Crippen LogP contribution in [0.15, 0.2) is 47.4 Å². The number of hydrogen-bond donors (Lipinski definition) is 1. The summed E-state index contributed by atoms with van der Waals surface area (Å²) in [7, 11) is -1.78. The molecule has 0 unspecified atom stereocenters. The maximum atomic E-state index is 12.8. The Balaban J connectivity index is 1.32. The summed E-state index contributed by atoms with van der Waals surface area (Å²) in [6.07, 6.45) is 1.38. The molecule has 1 saturated carbocycles. The van der Waals surface area contributed by atoms with Crippen LogP contribution in [-0.4, -0.2) is 68.7 Å². The third kappa shape index (κ3) is 3.57. The fourth-order valence-corrected chi connectivity index (χ4v) is 5.92. The van der Waals surface area contributed by atoms with Gasteiger partial charge in [0.25, 0.3) is 21.8 Å². The molecule has 5 rings (SSSR count). The Morgan fingerprint density at radius 1 is 1.00 bits per heavy atom. The molecule has 0 aromatic heterocycles. The summed E-state index contributed by atoms with van der Waals surface area (Å²) in [4.78, 5) is 29.7. The number of amides is 2. The molecule has 1 N–H and O–H groups in total. The van der Waals surface area contributed by atoms with Crippen molar-refractivity contribution in [3.63, 3.8) is 0 Å². The van der Waals surface area contributed by atoms with Crippen LogP contribution in [0.5, 0.6) is 0 Å². The molecule has 0 spiro atoms. The van der Waals surface area contributed by atoms with Gasteiger partial charge in [0.15, 0.2) is 0 Å². The summed E-state index contributed by atoms with van der Waals surface area (Å²) < 4.78 is 26.5. The molecule has 8 nitrogen and oxygen atoms in total. The quantitative estimate of drug-likeness (QED) is 0.782. The van der Waals surface area contributed by atoms with Crippen molar-refractivity contribution < 1.29 is 18.0 Å². The second-order valence-corrected chi connectivity index (χ2v) is 10.1. The number of benzene rings is 2. The number of nitrogens with one attached hydrogen (secondary N) is 1. The average Bonchev–Trinajstić information content (AvgIpc) is 3.56. The van der Waals surface area contributed by atoms with Crippen molar-refractivity contribution in [3.05, 3.63) is 53.6 Å². The zero-order valence-electron chi connectivity index (χ0n) is 17.2. The molecule has 1 aliphatic carbocycles. The monoisotopic (exact) mass is 440 g/mol. The maximum absolute atomic E-state index is 12.8. The Morgan fingerprint density at radius 3 is 2.32 bits per heavy atom. The Bertz CT molecular complexity index is 1150. The molecule has 162 valence electrons. The number of anilines is 2. The first-order valence-electron chi connectivity index (χ1n) is 10.4. The number of nitrogens with zero attached hydrogens (tertiary/aromatic N) is 3. The first kappa shape index (κ1) is 20.0. The summed E-state index contributed by atoms with van der Waals surface area (Å²) in [6.45, 7) is 3.95. The van der Waals surface area contributed by atoms with Crippen LogP contribution in [0.2, 0.25) is 0 Å². The second kappa shape index (κ2) is 7.35. The summed E-state index contributed by atoms with van der Waals surface area (Å²) in [5.74, 6) is -0.911. The van der Waals surface area contributed by atoms with Crippen LogP contribution < -0.4 is 10.2 Å².